The number of esters is 4. The van der Waals surface area contributed by atoms with Gasteiger partial charge in [-0.25, -0.2) is 4.79 Å². The molecule has 0 aliphatic heterocycles. The van der Waals surface area contributed by atoms with Crippen molar-refractivity contribution < 1.29 is 42.9 Å². The molecule has 284 valence electrons. The first kappa shape index (κ1) is 42.2. The zero-order chi connectivity index (χ0) is 38.3. The van der Waals surface area contributed by atoms with Crippen LogP contribution in [0.2, 0.25) is 0 Å². The molecule has 0 bridgehead atoms. The largest absolute Gasteiger partial charge is 0.465 e. The van der Waals surface area contributed by atoms with Gasteiger partial charge in [-0.3, -0.25) is 14.4 Å². The van der Waals surface area contributed by atoms with Crippen LogP contribution in [0.3, 0.4) is 0 Å². The van der Waals surface area contributed by atoms with E-state index in [2.05, 4.69) is 20.1 Å². The molecule has 1 aliphatic carbocycles. The molecular formula is C43H58O9. The summed E-state index contributed by atoms with van der Waals surface area (Å²) >= 11 is 0. The minimum atomic E-state index is -0.701. The van der Waals surface area contributed by atoms with Crippen LogP contribution in [0, 0.1) is 10.8 Å². The zero-order valence-electron chi connectivity index (χ0n) is 31.9. The third-order valence-corrected chi connectivity index (χ3v) is 9.70. The van der Waals surface area contributed by atoms with Crippen LogP contribution in [-0.4, -0.2) is 55.4 Å². The molecule has 0 aromatic heterocycles. The number of carbonyl (C=O) groups is 4. The van der Waals surface area contributed by atoms with E-state index >= 15 is 0 Å². The highest BCUT2D eigenvalue weighted by molar-refractivity contribution is 5.89. The monoisotopic (exact) mass is 718 g/mol. The Morgan fingerprint density at radius 3 is 2.37 bits per heavy atom. The van der Waals surface area contributed by atoms with Crippen LogP contribution in [0.4, 0.5) is 0 Å². The van der Waals surface area contributed by atoms with Crippen molar-refractivity contribution in [2.24, 2.45) is 10.8 Å². The van der Waals surface area contributed by atoms with Gasteiger partial charge < -0.3 is 23.7 Å². The fourth-order valence-electron chi connectivity index (χ4n) is 6.76. The van der Waals surface area contributed by atoms with Gasteiger partial charge in [0, 0.05) is 25.2 Å². The first-order valence-corrected chi connectivity index (χ1v) is 18.4. The van der Waals surface area contributed by atoms with Crippen LogP contribution in [0.15, 0.2) is 73.8 Å². The second-order valence-corrected chi connectivity index (χ2v) is 15.0. The van der Waals surface area contributed by atoms with Gasteiger partial charge >= 0.3 is 23.9 Å². The predicted molar refractivity (Wildman–Crippen MR) is 201 cm³/mol. The Morgan fingerprint density at radius 2 is 1.71 bits per heavy atom. The van der Waals surface area contributed by atoms with Crippen molar-refractivity contribution in [2.45, 2.75) is 124 Å². The molecule has 0 heterocycles. The van der Waals surface area contributed by atoms with Crippen molar-refractivity contribution in [1.29, 1.82) is 0 Å². The Kier molecular flexibility index (Phi) is 16.3. The van der Waals surface area contributed by atoms with Crippen molar-refractivity contribution in [2.75, 3.05) is 13.2 Å². The average molecular weight is 719 g/mol. The van der Waals surface area contributed by atoms with E-state index in [1.54, 1.807) is 36.4 Å². The molecule has 1 aliphatic rings. The van der Waals surface area contributed by atoms with Crippen LogP contribution < -0.4 is 0 Å². The second-order valence-electron chi connectivity index (χ2n) is 15.0. The third kappa shape index (κ3) is 12.8. The highest BCUT2D eigenvalue weighted by atomic mass is 16.6. The van der Waals surface area contributed by atoms with Gasteiger partial charge in [0.1, 0.15) is 18.8 Å². The Balaban J connectivity index is 1.98. The van der Waals surface area contributed by atoms with Crippen molar-refractivity contribution >= 4 is 23.9 Å². The Morgan fingerprint density at radius 1 is 0.981 bits per heavy atom. The molecule has 1 unspecified atom stereocenters. The number of rotatable bonds is 20. The number of hydrogen-bond donors (Lipinski definition) is 0. The van der Waals surface area contributed by atoms with E-state index in [4.69, 9.17) is 23.7 Å². The normalized spacial score (nSPS) is 19.6. The van der Waals surface area contributed by atoms with Crippen LogP contribution in [-0.2, 0) is 51.1 Å². The standard InChI is InChI=1S/C43H58O9/c1-9-11-26-49-39(45)23-24-43(8)37(21-22-38(43)52-40(46)33-15-13-12-14-16-33)36-20-18-32(27-34(36)29-50-41(47)42(5,6)7)28-35(51-31(4)44)19-17-30(3)48-25-10-2/h9-10,12-16,18,20,27,30,35,37-38H,1-2,11,17,19,21-26,28-29H2,3-8H3/t30?,35-,37-,38-,43-/m0/s1. The van der Waals surface area contributed by atoms with Gasteiger partial charge in [-0.15, -0.1) is 13.2 Å². The molecule has 0 radical (unpaired) electrons. The predicted octanol–water partition coefficient (Wildman–Crippen LogP) is 8.63. The van der Waals surface area contributed by atoms with E-state index in [9.17, 15) is 19.2 Å². The summed E-state index contributed by atoms with van der Waals surface area (Å²) in [6.45, 7) is 19.0. The van der Waals surface area contributed by atoms with Crippen molar-refractivity contribution in [3.8, 4) is 0 Å². The molecule has 2 aromatic carbocycles. The maximum absolute atomic E-state index is 13.3. The minimum Gasteiger partial charge on any atom is -0.465 e. The van der Waals surface area contributed by atoms with Gasteiger partial charge in [0.15, 0.2) is 0 Å². The number of benzene rings is 2. The van der Waals surface area contributed by atoms with E-state index in [0.717, 1.165) is 16.7 Å². The summed E-state index contributed by atoms with van der Waals surface area (Å²) in [5.41, 5.74) is 1.82. The van der Waals surface area contributed by atoms with Gasteiger partial charge in [0.05, 0.1) is 30.3 Å². The molecule has 9 nitrogen and oxygen atoms in total. The summed E-state index contributed by atoms with van der Waals surface area (Å²) < 4.78 is 29.0. The Bertz CT molecular complexity index is 1510. The summed E-state index contributed by atoms with van der Waals surface area (Å²) in [7, 11) is 0. The van der Waals surface area contributed by atoms with Crippen LogP contribution in [0.1, 0.15) is 119 Å². The van der Waals surface area contributed by atoms with Crippen LogP contribution in [0.25, 0.3) is 0 Å². The van der Waals surface area contributed by atoms with Crippen molar-refractivity contribution in [3.63, 3.8) is 0 Å². The second kappa shape index (κ2) is 20.1. The molecule has 0 amide bonds. The molecule has 1 fully saturated rings. The zero-order valence-corrected chi connectivity index (χ0v) is 31.9. The fraction of sp³-hybridized carbons (Fsp3) is 0.535. The summed E-state index contributed by atoms with van der Waals surface area (Å²) in [6.07, 6.45) is 6.68. The van der Waals surface area contributed by atoms with Crippen molar-refractivity contribution in [1.82, 2.24) is 0 Å². The quantitative estimate of drug-likeness (QED) is 0.0574. The smallest absolute Gasteiger partial charge is 0.338 e. The average Bonchev–Trinajstić information content (AvgIpc) is 3.42. The fourth-order valence-corrected chi connectivity index (χ4v) is 6.76. The first-order valence-electron chi connectivity index (χ1n) is 18.4. The van der Waals surface area contributed by atoms with E-state index in [1.807, 2.05) is 52.0 Å². The Labute approximate surface area is 310 Å². The lowest BCUT2D eigenvalue weighted by molar-refractivity contribution is -0.154. The van der Waals surface area contributed by atoms with Gasteiger partial charge in [0.25, 0.3) is 0 Å². The summed E-state index contributed by atoms with van der Waals surface area (Å²) in [5, 5.41) is 0. The van der Waals surface area contributed by atoms with E-state index in [-0.39, 0.29) is 55.7 Å². The lowest BCUT2D eigenvalue weighted by atomic mass is 9.70. The molecule has 2 aromatic rings. The molecule has 0 saturated heterocycles. The van der Waals surface area contributed by atoms with Gasteiger partial charge in [0.2, 0.25) is 0 Å². The molecule has 9 heteroatoms. The molecule has 1 saturated carbocycles. The first-order chi connectivity index (χ1) is 24.7. The molecule has 52 heavy (non-hydrogen) atoms. The molecule has 0 N–H and O–H groups in total. The number of carbonyl (C=O) groups excluding carboxylic acids is 4. The summed E-state index contributed by atoms with van der Waals surface area (Å²) in [6, 6.07) is 15.0. The number of hydrogen-bond acceptors (Lipinski definition) is 9. The molecule has 3 rings (SSSR count). The van der Waals surface area contributed by atoms with Crippen molar-refractivity contribution in [3.05, 3.63) is 96.1 Å². The minimum absolute atomic E-state index is 0.0333. The molecular weight excluding hydrogens is 660 g/mol. The molecule has 0 spiro atoms. The molecule has 5 atom stereocenters. The highest BCUT2D eigenvalue weighted by Crippen LogP contribution is 2.54. The maximum Gasteiger partial charge on any atom is 0.338 e. The highest BCUT2D eigenvalue weighted by Gasteiger charge is 2.50. The van der Waals surface area contributed by atoms with Crippen LogP contribution in [0.5, 0.6) is 0 Å². The van der Waals surface area contributed by atoms with E-state index in [0.29, 0.717) is 57.1 Å². The van der Waals surface area contributed by atoms with Gasteiger partial charge in [-0.2, -0.15) is 0 Å². The summed E-state index contributed by atoms with van der Waals surface area (Å²) in [5.74, 6) is -1.56. The maximum atomic E-state index is 13.3. The van der Waals surface area contributed by atoms with Gasteiger partial charge in [-0.05, 0) is 101 Å². The lowest BCUT2D eigenvalue weighted by Gasteiger charge is -2.37. The van der Waals surface area contributed by atoms with E-state index in [1.165, 1.54) is 6.92 Å². The van der Waals surface area contributed by atoms with E-state index < -0.39 is 22.9 Å². The summed E-state index contributed by atoms with van der Waals surface area (Å²) in [4.78, 5) is 51.2. The number of ether oxygens (including phenoxy) is 5. The lowest BCUT2D eigenvalue weighted by Crippen LogP contribution is -2.36. The van der Waals surface area contributed by atoms with Gasteiger partial charge in [-0.1, -0.05) is 55.5 Å². The Hall–Kier alpha value is -4.24. The van der Waals surface area contributed by atoms with Crippen LogP contribution >= 0.6 is 0 Å². The SMILES string of the molecule is C=CCCOC(=O)CC[C@]1(C)[C@@H](OC(=O)c2ccccc2)CC[C@H]1c1ccc(C[C@H](CCC(C)OCC=C)OC(C)=O)cc1COC(=O)C(C)(C)C. The third-order valence-electron chi connectivity index (χ3n) is 9.70. The topological polar surface area (TPSA) is 114 Å².